The lowest BCUT2D eigenvalue weighted by Crippen LogP contribution is -2.38. The molecule has 0 bridgehead atoms. The summed E-state index contributed by atoms with van der Waals surface area (Å²) in [5, 5.41) is 6.33. The summed E-state index contributed by atoms with van der Waals surface area (Å²) in [4.78, 5) is 16.3. The Bertz CT molecular complexity index is 933. The standard InChI is InChI=1S/C19H22F5N5O/c20-18(21)5-3-10(4-6-18)16(25)13-9-29-15(26-13)2-1-12(28-29)7-11-8-14(19(22,23)24)27-17(11)30/h1-2,9-11,14,16H,3-8,25H2,(H,27,30)/t11?,14-,16-/m0/s1. The molecular weight excluding hydrogens is 409 g/mol. The summed E-state index contributed by atoms with van der Waals surface area (Å²) >= 11 is 0. The van der Waals surface area contributed by atoms with Crippen LogP contribution in [0.15, 0.2) is 18.3 Å². The highest BCUT2D eigenvalue weighted by molar-refractivity contribution is 5.81. The number of hydrogen-bond donors (Lipinski definition) is 2. The van der Waals surface area contributed by atoms with Gasteiger partial charge in [-0.2, -0.15) is 18.3 Å². The zero-order valence-corrected chi connectivity index (χ0v) is 16.0. The molecule has 3 atom stereocenters. The van der Waals surface area contributed by atoms with Crippen LogP contribution in [-0.4, -0.2) is 38.6 Å². The lowest BCUT2D eigenvalue weighted by Gasteiger charge is -2.31. The van der Waals surface area contributed by atoms with Gasteiger partial charge in [0.15, 0.2) is 5.65 Å². The Hall–Kier alpha value is -2.30. The molecule has 3 N–H and O–H groups in total. The van der Waals surface area contributed by atoms with E-state index in [-0.39, 0.29) is 31.6 Å². The van der Waals surface area contributed by atoms with Gasteiger partial charge in [0, 0.05) is 25.2 Å². The van der Waals surface area contributed by atoms with Crippen molar-refractivity contribution in [1.82, 2.24) is 19.9 Å². The van der Waals surface area contributed by atoms with Gasteiger partial charge in [-0.05, 0) is 37.3 Å². The number of carbonyl (C=O) groups is 1. The van der Waals surface area contributed by atoms with E-state index in [4.69, 9.17) is 5.73 Å². The van der Waals surface area contributed by atoms with Crippen LogP contribution < -0.4 is 11.1 Å². The summed E-state index contributed by atoms with van der Waals surface area (Å²) in [5.74, 6) is -4.18. The zero-order valence-electron chi connectivity index (χ0n) is 16.0. The van der Waals surface area contributed by atoms with E-state index in [1.54, 1.807) is 18.3 Å². The highest BCUT2D eigenvalue weighted by atomic mass is 19.4. The summed E-state index contributed by atoms with van der Waals surface area (Å²) in [6.45, 7) is 0. The van der Waals surface area contributed by atoms with Crippen molar-refractivity contribution in [2.45, 2.75) is 62.7 Å². The minimum atomic E-state index is -4.47. The van der Waals surface area contributed by atoms with Gasteiger partial charge in [-0.1, -0.05) is 0 Å². The summed E-state index contributed by atoms with van der Waals surface area (Å²) in [6, 6.07) is 0.938. The minimum absolute atomic E-state index is 0.0750. The third kappa shape index (κ3) is 4.26. The quantitative estimate of drug-likeness (QED) is 0.729. The van der Waals surface area contributed by atoms with Crippen LogP contribution in [0, 0.1) is 11.8 Å². The fraction of sp³-hybridized carbons (Fsp3) is 0.632. The molecular formula is C19H22F5N5O. The second-order valence-electron chi connectivity index (χ2n) is 8.25. The molecule has 2 aromatic heterocycles. The molecule has 1 saturated heterocycles. The molecule has 11 heteroatoms. The van der Waals surface area contributed by atoms with Crippen LogP contribution in [0.3, 0.4) is 0 Å². The Kier molecular flexibility index (Phi) is 5.19. The normalized spacial score (nSPS) is 26.1. The van der Waals surface area contributed by atoms with E-state index >= 15 is 0 Å². The van der Waals surface area contributed by atoms with E-state index in [0.29, 0.717) is 29.9 Å². The number of nitrogens with two attached hydrogens (primary N) is 1. The van der Waals surface area contributed by atoms with E-state index in [1.807, 2.05) is 5.32 Å². The van der Waals surface area contributed by atoms with Crippen molar-refractivity contribution in [2.24, 2.45) is 17.6 Å². The first-order valence-corrected chi connectivity index (χ1v) is 9.87. The first kappa shape index (κ1) is 21.0. The van der Waals surface area contributed by atoms with E-state index in [1.165, 1.54) is 4.52 Å². The fourth-order valence-electron chi connectivity index (χ4n) is 4.26. The van der Waals surface area contributed by atoms with Crippen molar-refractivity contribution in [3.63, 3.8) is 0 Å². The highest BCUT2D eigenvalue weighted by Crippen LogP contribution is 2.40. The predicted molar refractivity (Wildman–Crippen MR) is 96.6 cm³/mol. The number of imidazole rings is 1. The number of rotatable bonds is 4. The van der Waals surface area contributed by atoms with Crippen LogP contribution in [0.5, 0.6) is 0 Å². The number of hydrogen-bond acceptors (Lipinski definition) is 4. The van der Waals surface area contributed by atoms with Crippen molar-refractivity contribution in [3.05, 3.63) is 29.7 Å². The highest BCUT2D eigenvalue weighted by Gasteiger charge is 2.47. The smallest absolute Gasteiger partial charge is 0.344 e. The van der Waals surface area contributed by atoms with Gasteiger partial charge >= 0.3 is 6.18 Å². The Balaban J connectivity index is 1.46. The maximum Gasteiger partial charge on any atom is 0.408 e. The molecule has 30 heavy (non-hydrogen) atoms. The Morgan fingerprint density at radius 3 is 2.60 bits per heavy atom. The van der Waals surface area contributed by atoms with E-state index < -0.39 is 36.0 Å². The van der Waals surface area contributed by atoms with E-state index in [0.717, 1.165) is 0 Å². The van der Waals surface area contributed by atoms with Crippen LogP contribution in [0.1, 0.15) is 49.5 Å². The zero-order chi connectivity index (χ0) is 21.7. The number of halogens is 5. The predicted octanol–water partition coefficient (Wildman–Crippen LogP) is 3.16. The van der Waals surface area contributed by atoms with Crippen LogP contribution >= 0.6 is 0 Å². The lowest BCUT2D eigenvalue weighted by atomic mass is 9.81. The molecule has 1 saturated carbocycles. The average molecular weight is 431 g/mol. The third-order valence-electron chi connectivity index (χ3n) is 6.06. The number of amides is 1. The molecule has 1 aliphatic carbocycles. The molecule has 0 aromatic carbocycles. The van der Waals surface area contributed by atoms with Gasteiger partial charge < -0.3 is 11.1 Å². The number of aromatic nitrogens is 3. The molecule has 0 radical (unpaired) electrons. The first-order valence-electron chi connectivity index (χ1n) is 9.87. The van der Waals surface area contributed by atoms with Crippen molar-refractivity contribution in [2.75, 3.05) is 0 Å². The first-order chi connectivity index (χ1) is 14.0. The number of carbonyl (C=O) groups excluding carboxylic acids is 1. The molecule has 4 rings (SSSR count). The van der Waals surface area contributed by atoms with Crippen LogP contribution in [0.4, 0.5) is 22.0 Å². The number of nitrogens with one attached hydrogen (secondary N) is 1. The van der Waals surface area contributed by atoms with Crippen LogP contribution in [0.2, 0.25) is 0 Å². The van der Waals surface area contributed by atoms with Gasteiger partial charge in [-0.25, -0.2) is 18.3 Å². The fourth-order valence-corrected chi connectivity index (χ4v) is 4.26. The second kappa shape index (κ2) is 7.44. The molecule has 2 fully saturated rings. The Labute approximate surface area is 169 Å². The molecule has 0 spiro atoms. The molecule has 3 heterocycles. The van der Waals surface area contributed by atoms with Crippen LogP contribution in [0.25, 0.3) is 5.65 Å². The number of alkyl halides is 5. The van der Waals surface area contributed by atoms with Gasteiger partial charge in [0.05, 0.1) is 23.6 Å². The van der Waals surface area contributed by atoms with Gasteiger partial charge in [0.2, 0.25) is 11.8 Å². The van der Waals surface area contributed by atoms with Gasteiger partial charge in [0.1, 0.15) is 6.04 Å². The Morgan fingerprint density at radius 2 is 1.97 bits per heavy atom. The maximum absolute atomic E-state index is 13.4. The SMILES string of the molecule is N[C@H](c1cn2nc(CC3C[C@@H](C(F)(F)F)NC3=O)ccc2n1)C1CCC(F)(F)CC1. The Morgan fingerprint density at radius 1 is 1.27 bits per heavy atom. The van der Waals surface area contributed by atoms with Crippen molar-refractivity contribution in [1.29, 1.82) is 0 Å². The summed E-state index contributed by atoms with van der Waals surface area (Å²) < 4.78 is 66.7. The lowest BCUT2D eigenvalue weighted by molar-refractivity contribution is -0.154. The molecule has 1 aliphatic heterocycles. The van der Waals surface area contributed by atoms with Crippen molar-refractivity contribution < 1.29 is 26.7 Å². The summed E-state index contributed by atoms with van der Waals surface area (Å²) in [5.41, 5.74) is 7.74. The molecule has 6 nitrogen and oxygen atoms in total. The van der Waals surface area contributed by atoms with E-state index in [2.05, 4.69) is 10.1 Å². The van der Waals surface area contributed by atoms with Crippen LogP contribution in [-0.2, 0) is 11.2 Å². The molecule has 1 amide bonds. The molecule has 164 valence electrons. The monoisotopic (exact) mass is 431 g/mol. The van der Waals surface area contributed by atoms with Crippen molar-refractivity contribution >= 4 is 11.6 Å². The van der Waals surface area contributed by atoms with Gasteiger partial charge in [-0.3, -0.25) is 4.79 Å². The summed E-state index contributed by atoms with van der Waals surface area (Å²) in [6.07, 6.45) is -2.85. The minimum Gasteiger partial charge on any atom is -0.344 e. The number of fused-ring (bicyclic) bond motifs is 1. The third-order valence-corrected chi connectivity index (χ3v) is 6.06. The van der Waals surface area contributed by atoms with E-state index in [9.17, 15) is 26.7 Å². The molecule has 2 aliphatic rings. The summed E-state index contributed by atoms with van der Waals surface area (Å²) in [7, 11) is 0. The van der Waals surface area contributed by atoms with Gasteiger partial charge in [0.25, 0.3) is 0 Å². The maximum atomic E-state index is 13.4. The molecule has 2 aromatic rings. The number of nitrogens with zero attached hydrogens (tertiary/aromatic N) is 3. The largest absolute Gasteiger partial charge is 0.408 e. The topological polar surface area (TPSA) is 85.3 Å². The average Bonchev–Trinajstić information content (AvgIpc) is 3.24. The van der Waals surface area contributed by atoms with Gasteiger partial charge in [-0.15, -0.1) is 0 Å². The second-order valence-corrected chi connectivity index (χ2v) is 8.25. The van der Waals surface area contributed by atoms with Crippen molar-refractivity contribution in [3.8, 4) is 0 Å². The molecule has 1 unspecified atom stereocenters.